The fraction of sp³-hybridized carbons (Fsp3) is 0.583. The van der Waals surface area contributed by atoms with Crippen LogP contribution in [0.25, 0.3) is 11.0 Å². The fourth-order valence-corrected chi connectivity index (χ4v) is 4.60. The van der Waals surface area contributed by atoms with Gasteiger partial charge in [0.1, 0.15) is 24.6 Å². The largest absolute Gasteiger partial charge is 0.467 e. The zero-order chi connectivity index (χ0) is 26.2. The molecule has 0 bridgehead atoms. The molecule has 202 valence electrons. The number of nitrogens with zero attached hydrogens (tertiary/aromatic N) is 6. The fourth-order valence-electron chi connectivity index (χ4n) is 4.60. The highest BCUT2D eigenvalue weighted by atomic mass is 35.5. The van der Waals surface area contributed by atoms with E-state index in [1.807, 2.05) is 18.0 Å². The number of anilines is 1. The summed E-state index contributed by atoms with van der Waals surface area (Å²) >= 11 is 0. The van der Waals surface area contributed by atoms with Crippen LogP contribution in [0.3, 0.4) is 0 Å². The second kappa shape index (κ2) is 13.8. The summed E-state index contributed by atoms with van der Waals surface area (Å²) in [7, 11) is 3.19. The summed E-state index contributed by atoms with van der Waals surface area (Å²) in [5, 5.41) is 12.3. The molecule has 1 aliphatic rings. The summed E-state index contributed by atoms with van der Waals surface area (Å²) in [5.41, 5.74) is 5.94. The lowest BCUT2D eigenvalue weighted by atomic mass is 9.92. The maximum absolute atomic E-state index is 13.1. The first-order valence-corrected chi connectivity index (χ1v) is 12.1. The molecule has 3 N–H and O–H groups in total. The Labute approximate surface area is 222 Å². The minimum Gasteiger partial charge on any atom is -0.467 e. The van der Waals surface area contributed by atoms with Gasteiger partial charge in [0, 0.05) is 26.3 Å². The highest BCUT2D eigenvalue weighted by Crippen LogP contribution is 2.29. The van der Waals surface area contributed by atoms with Crippen LogP contribution in [0, 0.1) is 17.2 Å². The van der Waals surface area contributed by atoms with Crippen molar-refractivity contribution in [3.8, 4) is 6.07 Å². The first kappa shape index (κ1) is 29.8. The van der Waals surface area contributed by atoms with E-state index in [-0.39, 0.29) is 36.7 Å². The summed E-state index contributed by atoms with van der Waals surface area (Å²) in [6, 6.07) is 2.36. The van der Waals surface area contributed by atoms with E-state index in [1.165, 1.54) is 18.0 Å². The van der Waals surface area contributed by atoms with Gasteiger partial charge in [0.2, 0.25) is 5.91 Å². The number of carbonyl (C=O) groups is 3. The predicted octanol–water partition coefficient (Wildman–Crippen LogP) is 1.67. The molecule has 1 fully saturated rings. The number of aromatic nitrogens is 3. The number of hydrogen-bond acceptors (Lipinski definition) is 9. The van der Waals surface area contributed by atoms with E-state index in [2.05, 4.69) is 22.2 Å². The van der Waals surface area contributed by atoms with E-state index in [1.54, 1.807) is 17.2 Å². The van der Waals surface area contributed by atoms with Gasteiger partial charge in [-0.05, 0) is 44.2 Å². The third kappa shape index (κ3) is 6.87. The number of carbonyl (C=O) groups excluding carboxylic acids is 3. The van der Waals surface area contributed by atoms with Crippen molar-refractivity contribution < 1.29 is 19.1 Å². The van der Waals surface area contributed by atoms with E-state index in [0.717, 1.165) is 12.8 Å². The molecule has 2 aromatic rings. The van der Waals surface area contributed by atoms with Crippen molar-refractivity contribution >= 4 is 47.2 Å². The van der Waals surface area contributed by atoms with Gasteiger partial charge in [0.25, 0.3) is 0 Å². The second-order valence-corrected chi connectivity index (χ2v) is 9.05. The van der Waals surface area contributed by atoms with Crippen molar-refractivity contribution in [1.29, 1.82) is 5.26 Å². The molecule has 3 heterocycles. The van der Waals surface area contributed by atoms with Crippen LogP contribution in [0.4, 0.5) is 10.6 Å². The van der Waals surface area contributed by atoms with Gasteiger partial charge in [-0.15, -0.1) is 12.4 Å². The molecule has 3 atom stereocenters. The minimum atomic E-state index is -0.796. The number of hydrogen-bond donors (Lipinski definition) is 2. The first-order chi connectivity index (χ1) is 17.3. The van der Waals surface area contributed by atoms with Gasteiger partial charge < -0.3 is 25.6 Å². The predicted molar refractivity (Wildman–Crippen MR) is 140 cm³/mol. The van der Waals surface area contributed by atoms with Gasteiger partial charge in [-0.2, -0.15) is 5.26 Å². The Bertz CT molecular complexity index is 1130. The lowest BCUT2D eigenvalue weighted by molar-refractivity contribution is -0.143. The number of unbranched alkanes of at least 4 members (excludes halogenated alkanes) is 1. The molecule has 1 saturated heterocycles. The van der Waals surface area contributed by atoms with Gasteiger partial charge in [0.05, 0.1) is 24.6 Å². The maximum Gasteiger partial charge on any atom is 0.328 e. The number of likely N-dealkylation sites (tertiary alicyclic amines) is 1. The molecule has 0 aromatic carbocycles. The Morgan fingerprint density at radius 1 is 1.35 bits per heavy atom. The molecular formula is C24H35ClN8O4. The summed E-state index contributed by atoms with van der Waals surface area (Å²) < 4.78 is 6.19. The van der Waals surface area contributed by atoms with Crippen LogP contribution in [-0.2, 0) is 14.3 Å². The van der Waals surface area contributed by atoms with Gasteiger partial charge >= 0.3 is 12.0 Å². The van der Waals surface area contributed by atoms with Crippen LogP contribution in [0.15, 0.2) is 18.6 Å². The number of likely N-dealkylation sites (N-methyl/N-ethyl adjacent to an activating group) is 1. The standard InChI is InChI=1S/C24H34N8O4.ClH/c1-16-8-12-31(20(33)7-11-26)14-19(16)30(2)21-17-9-13-32(22(17)28-15-27-21)24(35)29-18(23(34)36-3)6-4-5-10-25;/h9,13,15-16,18-19H,4-8,10,12,14,25H2,1-3H3,(H,29,35);1H/t16-,18+,19+;/m1./s1. The number of nitrogens with one attached hydrogen (secondary N) is 1. The van der Waals surface area contributed by atoms with Gasteiger partial charge in [-0.3, -0.25) is 9.36 Å². The number of halogens is 1. The lowest BCUT2D eigenvalue weighted by Crippen LogP contribution is -2.52. The van der Waals surface area contributed by atoms with Crippen molar-refractivity contribution in [2.45, 2.75) is 51.1 Å². The van der Waals surface area contributed by atoms with Crippen LogP contribution in [-0.4, -0.2) is 83.2 Å². The van der Waals surface area contributed by atoms with Crippen LogP contribution < -0.4 is 16.0 Å². The first-order valence-electron chi connectivity index (χ1n) is 12.1. The Kier molecular flexibility index (Phi) is 11.1. The minimum absolute atomic E-state index is 0. The Balaban J connectivity index is 0.00000481. The number of nitrogens with two attached hydrogens (primary N) is 1. The molecule has 1 aliphatic heterocycles. The monoisotopic (exact) mass is 534 g/mol. The number of fused-ring (bicyclic) bond motifs is 1. The molecule has 2 amide bonds. The SMILES string of the molecule is COC(=O)[C@H](CCCCN)NC(=O)n1ccc2c(N(C)[C@H]3CN(C(=O)CC#N)CC[C@H]3C)ncnc21.Cl. The van der Waals surface area contributed by atoms with E-state index in [4.69, 9.17) is 15.7 Å². The molecular weight excluding hydrogens is 500 g/mol. The summed E-state index contributed by atoms with van der Waals surface area (Å²) in [6.07, 6.45) is 5.47. The van der Waals surface area contributed by atoms with Crippen molar-refractivity contribution in [3.05, 3.63) is 18.6 Å². The van der Waals surface area contributed by atoms with E-state index >= 15 is 0 Å². The molecule has 0 saturated carbocycles. The molecule has 37 heavy (non-hydrogen) atoms. The number of ether oxygens (including phenoxy) is 1. The zero-order valence-electron chi connectivity index (χ0n) is 21.4. The Morgan fingerprint density at radius 3 is 2.78 bits per heavy atom. The number of esters is 1. The van der Waals surface area contributed by atoms with Gasteiger partial charge in [-0.25, -0.2) is 19.6 Å². The summed E-state index contributed by atoms with van der Waals surface area (Å²) in [5.74, 6) is 0.218. The molecule has 2 aromatic heterocycles. The van der Waals surface area contributed by atoms with Crippen LogP contribution in [0.2, 0.25) is 0 Å². The molecule has 0 unspecified atom stereocenters. The zero-order valence-corrected chi connectivity index (χ0v) is 22.2. The third-order valence-corrected chi connectivity index (χ3v) is 6.74. The Hall–Kier alpha value is -3.43. The normalized spacial score (nSPS) is 17.9. The molecule has 0 spiro atoms. The second-order valence-electron chi connectivity index (χ2n) is 9.05. The van der Waals surface area contributed by atoms with Gasteiger partial charge in [0.15, 0.2) is 5.65 Å². The van der Waals surface area contributed by atoms with Crippen LogP contribution in [0.1, 0.15) is 39.0 Å². The lowest BCUT2D eigenvalue weighted by Gasteiger charge is -2.42. The molecule has 12 nitrogen and oxygen atoms in total. The third-order valence-electron chi connectivity index (χ3n) is 6.74. The highest BCUT2D eigenvalue weighted by Gasteiger charge is 2.33. The van der Waals surface area contributed by atoms with E-state index < -0.39 is 18.0 Å². The van der Waals surface area contributed by atoms with Gasteiger partial charge in [-0.1, -0.05) is 6.92 Å². The Morgan fingerprint density at radius 2 is 2.11 bits per heavy atom. The van der Waals surface area contributed by atoms with Crippen molar-refractivity contribution in [3.63, 3.8) is 0 Å². The maximum atomic E-state index is 13.1. The van der Waals surface area contributed by atoms with E-state index in [0.29, 0.717) is 49.3 Å². The van der Waals surface area contributed by atoms with Crippen LogP contribution >= 0.6 is 12.4 Å². The van der Waals surface area contributed by atoms with Crippen LogP contribution in [0.5, 0.6) is 0 Å². The van der Waals surface area contributed by atoms with Crippen molar-refractivity contribution in [1.82, 2.24) is 24.8 Å². The average molecular weight is 535 g/mol. The number of methoxy groups -OCH3 is 1. The molecule has 13 heteroatoms. The topological polar surface area (TPSA) is 159 Å². The molecule has 0 radical (unpaired) electrons. The quantitative estimate of drug-likeness (QED) is 0.360. The summed E-state index contributed by atoms with van der Waals surface area (Å²) in [4.78, 5) is 50.1. The van der Waals surface area contributed by atoms with Crippen molar-refractivity contribution in [2.24, 2.45) is 11.7 Å². The average Bonchev–Trinajstić information content (AvgIpc) is 3.32. The number of amides is 2. The van der Waals surface area contributed by atoms with Crippen molar-refractivity contribution in [2.75, 3.05) is 38.7 Å². The summed E-state index contributed by atoms with van der Waals surface area (Å²) in [6.45, 7) is 3.73. The number of rotatable bonds is 9. The molecule has 3 rings (SSSR count). The number of piperidine rings is 1. The highest BCUT2D eigenvalue weighted by molar-refractivity contribution is 5.96. The van der Waals surface area contributed by atoms with E-state index in [9.17, 15) is 14.4 Å². The smallest absolute Gasteiger partial charge is 0.328 e. The molecule has 0 aliphatic carbocycles. The number of nitriles is 1.